The van der Waals surface area contributed by atoms with Gasteiger partial charge in [-0.25, -0.2) is 0 Å². The summed E-state index contributed by atoms with van der Waals surface area (Å²) in [6.45, 7) is 1.92. The van der Waals surface area contributed by atoms with Crippen LogP contribution in [-0.2, 0) is 9.59 Å². The van der Waals surface area contributed by atoms with Gasteiger partial charge in [0.1, 0.15) is 11.5 Å². The molecule has 5 nitrogen and oxygen atoms in total. The summed E-state index contributed by atoms with van der Waals surface area (Å²) >= 11 is 9.41. The molecule has 1 atom stereocenters. The molecule has 3 aromatic carbocycles. The van der Waals surface area contributed by atoms with Gasteiger partial charge in [-0.3, -0.25) is 14.5 Å². The molecular weight excluding hydrogens is 482 g/mol. The number of hydrogen-bond donors (Lipinski definition) is 2. The van der Waals surface area contributed by atoms with E-state index in [1.807, 2.05) is 13.0 Å². The highest BCUT2D eigenvalue weighted by Gasteiger charge is 2.47. The van der Waals surface area contributed by atoms with Crippen molar-refractivity contribution < 1.29 is 19.8 Å². The molecule has 1 amide bonds. The second-order valence-electron chi connectivity index (χ2n) is 7.20. The van der Waals surface area contributed by atoms with Gasteiger partial charge < -0.3 is 10.2 Å². The molecule has 2 N–H and O–H groups in total. The third-order valence-electron chi connectivity index (χ3n) is 5.20. The van der Waals surface area contributed by atoms with E-state index in [1.165, 1.54) is 17.0 Å². The van der Waals surface area contributed by atoms with Gasteiger partial charge in [0.05, 0.1) is 11.6 Å². The zero-order valence-electron chi connectivity index (χ0n) is 16.3. The Hall–Kier alpha value is -3.09. The second kappa shape index (κ2) is 8.21. The number of carbonyl (C=O) groups is 2. The maximum atomic E-state index is 13.1. The highest BCUT2D eigenvalue weighted by Crippen LogP contribution is 2.43. The fraction of sp³-hybridized carbons (Fsp3) is 0.0833. The SMILES string of the molecule is Cc1ccc(N2C(=O)C(=O)/C(=C(\O)c3ccc(Cl)cc3)C2c2ccc(O)cc2)cc1Br. The van der Waals surface area contributed by atoms with E-state index in [4.69, 9.17) is 11.6 Å². The van der Waals surface area contributed by atoms with Crippen molar-refractivity contribution in [3.8, 4) is 5.75 Å². The molecule has 1 unspecified atom stereocenters. The number of aliphatic hydroxyl groups is 1. The Morgan fingerprint density at radius 1 is 1.00 bits per heavy atom. The van der Waals surface area contributed by atoms with Gasteiger partial charge in [0, 0.05) is 20.7 Å². The number of amides is 1. The Morgan fingerprint density at radius 3 is 2.26 bits per heavy atom. The van der Waals surface area contributed by atoms with Crippen LogP contribution in [0.15, 0.2) is 76.8 Å². The van der Waals surface area contributed by atoms with Crippen LogP contribution in [0.3, 0.4) is 0 Å². The zero-order valence-corrected chi connectivity index (χ0v) is 18.7. The van der Waals surface area contributed by atoms with E-state index in [0.29, 0.717) is 21.8 Å². The Bertz CT molecular complexity index is 1220. The summed E-state index contributed by atoms with van der Waals surface area (Å²) in [4.78, 5) is 27.5. The summed E-state index contributed by atoms with van der Waals surface area (Å²) in [5.41, 5.74) is 2.39. The van der Waals surface area contributed by atoms with E-state index in [9.17, 15) is 19.8 Å². The van der Waals surface area contributed by atoms with E-state index < -0.39 is 17.7 Å². The Morgan fingerprint density at radius 2 is 1.65 bits per heavy atom. The van der Waals surface area contributed by atoms with Crippen LogP contribution in [0.25, 0.3) is 5.76 Å². The van der Waals surface area contributed by atoms with Crippen molar-refractivity contribution in [3.63, 3.8) is 0 Å². The molecule has 1 aliphatic heterocycles. The first-order valence-corrected chi connectivity index (χ1v) is 10.6. The summed E-state index contributed by atoms with van der Waals surface area (Å²) in [6, 6.07) is 17.0. The molecule has 1 fully saturated rings. The number of aryl methyl sites for hydroxylation is 1. The fourth-order valence-electron chi connectivity index (χ4n) is 3.57. The van der Waals surface area contributed by atoms with Crippen molar-refractivity contribution in [2.24, 2.45) is 0 Å². The molecule has 0 spiro atoms. The molecule has 0 bridgehead atoms. The third-order valence-corrected chi connectivity index (χ3v) is 6.31. The number of rotatable bonds is 3. The fourth-order valence-corrected chi connectivity index (χ4v) is 4.06. The molecule has 156 valence electrons. The van der Waals surface area contributed by atoms with Crippen LogP contribution >= 0.6 is 27.5 Å². The molecular formula is C24H17BrClNO4. The predicted molar refractivity (Wildman–Crippen MR) is 123 cm³/mol. The number of anilines is 1. The molecule has 7 heteroatoms. The number of carbonyl (C=O) groups excluding carboxylic acids is 2. The first-order chi connectivity index (χ1) is 14.8. The normalized spacial score (nSPS) is 17.9. The number of halogens is 2. The molecule has 0 saturated carbocycles. The third kappa shape index (κ3) is 3.84. The molecule has 31 heavy (non-hydrogen) atoms. The number of hydrogen-bond acceptors (Lipinski definition) is 4. The van der Waals surface area contributed by atoms with E-state index >= 15 is 0 Å². The van der Waals surface area contributed by atoms with Gasteiger partial charge in [0.25, 0.3) is 11.7 Å². The molecule has 1 aliphatic rings. The predicted octanol–water partition coefficient (Wildman–Crippen LogP) is 5.74. The van der Waals surface area contributed by atoms with E-state index in [1.54, 1.807) is 48.5 Å². The summed E-state index contributed by atoms with van der Waals surface area (Å²) in [6.07, 6.45) is 0. The van der Waals surface area contributed by atoms with Crippen LogP contribution in [0.2, 0.25) is 5.02 Å². The van der Waals surface area contributed by atoms with Gasteiger partial charge in [-0.05, 0) is 66.6 Å². The second-order valence-corrected chi connectivity index (χ2v) is 8.49. The maximum absolute atomic E-state index is 13.1. The van der Waals surface area contributed by atoms with Crippen LogP contribution in [0.1, 0.15) is 22.7 Å². The Balaban J connectivity index is 1.95. The first-order valence-electron chi connectivity index (χ1n) is 9.40. The lowest BCUT2D eigenvalue weighted by Gasteiger charge is -2.26. The quantitative estimate of drug-likeness (QED) is 0.274. The number of ketones is 1. The standard InChI is InChI=1S/C24H17BrClNO4/c1-13-2-9-17(12-19(13)25)27-21(14-5-10-18(28)11-6-14)20(23(30)24(27)31)22(29)15-3-7-16(26)8-4-15/h2-12,21,28-29H,1H3/b22-20-. The molecule has 4 rings (SSSR count). The molecule has 3 aromatic rings. The summed E-state index contributed by atoms with van der Waals surface area (Å²) in [7, 11) is 0. The van der Waals surface area contributed by atoms with Crippen molar-refractivity contribution in [3.05, 3.63) is 98.5 Å². The largest absolute Gasteiger partial charge is 0.508 e. The lowest BCUT2D eigenvalue weighted by Crippen LogP contribution is -2.29. The first kappa shape index (κ1) is 21.2. The highest BCUT2D eigenvalue weighted by atomic mass is 79.9. The van der Waals surface area contributed by atoms with Crippen LogP contribution in [-0.4, -0.2) is 21.9 Å². The van der Waals surface area contributed by atoms with Gasteiger partial charge in [-0.15, -0.1) is 0 Å². The number of benzene rings is 3. The average Bonchev–Trinajstić information content (AvgIpc) is 3.01. The number of aromatic hydroxyl groups is 1. The zero-order chi connectivity index (χ0) is 22.3. The minimum absolute atomic E-state index is 0.0327. The molecule has 1 heterocycles. The van der Waals surface area contributed by atoms with E-state index in [-0.39, 0.29) is 17.1 Å². The number of Topliss-reactive ketones (excluding diaryl/α,β-unsaturated/α-hetero) is 1. The lowest BCUT2D eigenvalue weighted by atomic mass is 9.95. The minimum Gasteiger partial charge on any atom is -0.508 e. The van der Waals surface area contributed by atoms with Gasteiger partial charge in [-0.1, -0.05) is 45.7 Å². The smallest absolute Gasteiger partial charge is 0.300 e. The highest BCUT2D eigenvalue weighted by molar-refractivity contribution is 9.10. The maximum Gasteiger partial charge on any atom is 0.300 e. The van der Waals surface area contributed by atoms with E-state index in [2.05, 4.69) is 15.9 Å². The number of phenols is 1. The molecule has 0 aliphatic carbocycles. The minimum atomic E-state index is -0.870. The van der Waals surface area contributed by atoms with Crippen molar-refractivity contribution in [1.82, 2.24) is 0 Å². The van der Waals surface area contributed by atoms with E-state index in [0.717, 1.165) is 10.0 Å². The Labute approximate surface area is 192 Å². The summed E-state index contributed by atoms with van der Waals surface area (Å²) in [5.74, 6) is -1.77. The topological polar surface area (TPSA) is 77.8 Å². The van der Waals surface area contributed by atoms with Gasteiger partial charge in [0.15, 0.2) is 0 Å². The molecule has 0 radical (unpaired) electrons. The van der Waals surface area contributed by atoms with Gasteiger partial charge >= 0.3 is 0 Å². The summed E-state index contributed by atoms with van der Waals surface area (Å²) < 4.78 is 0.786. The van der Waals surface area contributed by atoms with Gasteiger partial charge in [-0.2, -0.15) is 0 Å². The van der Waals surface area contributed by atoms with Crippen LogP contribution < -0.4 is 4.90 Å². The average molecular weight is 499 g/mol. The van der Waals surface area contributed by atoms with Crippen LogP contribution in [0.4, 0.5) is 5.69 Å². The molecule has 1 saturated heterocycles. The lowest BCUT2D eigenvalue weighted by molar-refractivity contribution is -0.132. The monoisotopic (exact) mass is 497 g/mol. The number of phenolic OH excluding ortho intramolecular Hbond substituents is 1. The van der Waals surface area contributed by atoms with Crippen LogP contribution in [0.5, 0.6) is 5.75 Å². The van der Waals surface area contributed by atoms with Crippen molar-refractivity contribution in [2.45, 2.75) is 13.0 Å². The number of nitrogens with zero attached hydrogens (tertiary/aromatic N) is 1. The van der Waals surface area contributed by atoms with Gasteiger partial charge in [0.2, 0.25) is 0 Å². The Kier molecular flexibility index (Phi) is 5.60. The number of aliphatic hydroxyl groups excluding tert-OH is 1. The van der Waals surface area contributed by atoms with Crippen LogP contribution in [0, 0.1) is 6.92 Å². The van der Waals surface area contributed by atoms with Crippen molar-refractivity contribution >= 4 is 50.7 Å². The molecule has 0 aromatic heterocycles. The summed E-state index contributed by atoms with van der Waals surface area (Å²) in [5, 5.41) is 21.2. The van der Waals surface area contributed by atoms with Crippen molar-refractivity contribution in [2.75, 3.05) is 4.90 Å². The van der Waals surface area contributed by atoms with Crippen molar-refractivity contribution in [1.29, 1.82) is 0 Å².